The van der Waals surface area contributed by atoms with E-state index in [1.807, 2.05) is 36.4 Å². The first-order chi connectivity index (χ1) is 32.0. The van der Waals surface area contributed by atoms with Crippen LogP contribution in [0.1, 0.15) is 82.2 Å². The maximum Gasteiger partial charge on any atom is 0.573 e. The smallest absolute Gasteiger partial charge is 0.508 e. The number of benzene rings is 5. The number of nitrogens with one attached hydrogen (secondary N) is 1. The Morgan fingerprint density at radius 1 is 0.818 bits per heavy atom. The summed E-state index contributed by atoms with van der Waals surface area (Å²) in [4.78, 5) is 27.7. The number of hydrogen-bond acceptors (Lipinski definition) is 9. The normalized spacial score (nSPS) is 18.8. The molecule has 3 aliphatic rings. The van der Waals surface area contributed by atoms with Crippen molar-refractivity contribution in [3.05, 3.63) is 161 Å². The van der Waals surface area contributed by atoms with Gasteiger partial charge in [0.25, 0.3) is 5.91 Å². The molecule has 6 aromatic rings. The number of fused-ring (bicyclic) bond motifs is 2. The predicted molar refractivity (Wildman–Crippen MR) is 256 cm³/mol. The number of piperidine rings is 2. The van der Waals surface area contributed by atoms with Gasteiger partial charge < -0.3 is 30.7 Å². The molecule has 2 saturated heterocycles. The van der Waals surface area contributed by atoms with E-state index in [9.17, 15) is 23.1 Å². The van der Waals surface area contributed by atoms with Crippen LogP contribution in [0.4, 0.5) is 18.9 Å². The molecule has 1 aliphatic carbocycles. The first-order valence-corrected chi connectivity index (χ1v) is 23.9. The number of alkyl halides is 3. The summed E-state index contributed by atoms with van der Waals surface area (Å²) < 4.78 is 42.8. The number of likely N-dealkylation sites (tertiary alicyclic amines) is 1. The monoisotopic (exact) mass is 912 g/mol. The summed E-state index contributed by atoms with van der Waals surface area (Å²) in [7, 11) is 0. The van der Waals surface area contributed by atoms with E-state index < -0.39 is 18.0 Å². The molecule has 13 heteroatoms. The fraction of sp³-hybridized carbons (Fsp3) is 0.340. The number of rotatable bonds is 13. The lowest BCUT2D eigenvalue weighted by molar-refractivity contribution is -0.274. The van der Waals surface area contributed by atoms with Gasteiger partial charge in [-0.1, -0.05) is 90.6 Å². The lowest BCUT2D eigenvalue weighted by Crippen LogP contribution is -2.41. The van der Waals surface area contributed by atoms with Crippen molar-refractivity contribution in [3.8, 4) is 11.5 Å². The largest absolute Gasteiger partial charge is 0.573 e. The van der Waals surface area contributed by atoms with Gasteiger partial charge in [0.15, 0.2) is 5.16 Å². The lowest BCUT2D eigenvalue weighted by atomic mass is 9.69. The molecule has 2 unspecified atom stereocenters. The highest BCUT2D eigenvalue weighted by atomic mass is 32.2. The summed E-state index contributed by atoms with van der Waals surface area (Å²) in [6.07, 6.45) is 3.39. The summed E-state index contributed by atoms with van der Waals surface area (Å²) >= 11 is 1.64. The van der Waals surface area contributed by atoms with Gasteiger partial charge in [-0.25, -0.2) is 9.97 Å². The minimum absolute atomic E-state index is 0.105. The van der Waals surface area contributed by atoms with Gasteiger partial charge in [-0.15, -0.1) is 13.2 Å². The second-order valence-electron chi connectivity index (χ2n) is 17.8. The van der Waals surface area contributed by atoms with Crippen LogP contribution < -0.4 is 20.7 Å². The summed E-state index contributed by atoms with van der Waals surface area (Å²) in [5.74, 6) is 1.79. The van der Waals surface area contributed by atoms with Crippen LogP contribution >= 0.6 is 11.8 Å². The van der Waals surface area contributed by atoms with Crippen molar-refractivity contribution in [1.82, 2.24) is 20.2 Å². The van der Waals surface area contributed by atoms with E-state index in [4.69, 9.17) is 15.7 Å². The van der Waals surface area contributed by atoms with Gasteiger partial charge in [0, 0.05) is 48.1 Å². The van der Waals surface area contributed by atoms with Crippen molar-refractivity contribution in [3.63, 3.8) is 0 Å². The van der Waals surface area contributed by atoms with Crippen LogP contribution in [0, 0.1) is 11.8 Å². The molecule has 0 radical (unpaired) electrons. The van der Waals surface area contributed by atoms with Gasteiger partial charge in [0.1, 0.15) is 11.5 Å². The Balaban J connectivity index is 0.750. The molecule has 9 nitrogen and oxygen atoms in total. The van der Waals surface area contributed by atoms with Crippen molar-refractivity contribution in [2.45, 2.75) is 61.9 Å². The highest BCUT2D eigenvalue weighted by Gasteiger charge is 2.34. The van der Waals surface area contributed by atoms with Gasteiger partial charge in [0.2, 0.25) is 0 Å². The first kappa shape index (κ1) is 45.1. The second kappa shape index (κ2) is 20.2. The van der Waals surface area contributed by atoms with Crippen molar-refractivity contribution in [1.29, 1.82) is 0 Å². The van der Waals surface area contributed by atoms with Crippen molar-refractivity contribution in [2.75, 3.05) is 49.9 Å². The number of aromatic nitrogens is 2. The van der Waals surface area contributed by atoms with Crippen molar-refractivity contribution >= 4 is 40.3 Å². The zero-order valence-electron chi connectivity index (χ0n) is 36.8. The molecular weight excluding hydrogens is 858 g/mol. The number of carbonyl (C=O) groups excluding carboxylic acids is 1. The minimum Gasteiger partial charge on any atom is -0.508 e. The molecular formula is C53H55F3N6O3S. The molecule has 0 spiro atoms. The Bertz CT molecular complexity index is 2650. The van der Waals surface area contributed by atoms with Crippen LogP contribution in [0.3, 0.4) is 0 Å². The molecule has 2 atom stereocenters. The maximum atomic E-state index is 12.9. The van der Waals surface area contributed by atoms with E-state index in [-0.39, 0.29) is 23.7 Å². The Labute approximate surface area is 388 Å². The van der Waals surface area contributed by atoms with Crippen LogP contribution in [0.25, 0.3) is 17.0 Å². The third kappa shape index (κ3) is 11.0. The molecule has 66 heavy (non-hydrogen) atoms. The average Bonchev–Trinajstić information content (AvgIpc) is 3.33. The van der Waals surface area contributed by atoms with E-state index in [2.05, 4.69) is 80.5 Å². The van der Waals surface area contributed by atoms with E-state index in [0.717, 1.165) is 81.1 Å². The van der Waals surface area contributed by atoms with Crippen molar-refractivity contribution in [2.24, 2.45) is 17.6 Å². The molecule has 5 aromatic carbocycles. The topological polar surface area (TPSA) is 117 Å². The van der Waals surface area contributed by atoms with E-state index in [1.54, 1.807) is 17.8 Å². The molecule has 4 N–H and O–H groups in total. The number of phenolic OH excluding ortho intramolecular Hbond substituents is 1. The average molecular weight is 913 g/mol. The number of carbonyl (C=O) groups is 1. The Morgan fingerprint density at radius 2 is 1.53 bits per heavy atom. The Kier molecular flexibility index (Phi) is 13.8. The van der Waals surface area contributed by atoms with E-state index in [1.165, 1.54) is 59.0 Å². The van der Waals surface area contributed by atoms with Gasteiger partial charge >= 0.3 is 6.36 Å². The number of thioether (sulfide) groups is 1. The van der Waals surface area contributed by atoms with Crippen LogP contribution in [0.2, 0.25) is 0 Å². The second-order valence-corrected chi connectivity index (χ2v) is 18.8. The molecule has 342 valence electrons. The van der Waals surface area contributed by atoms with Gasteiger partial charge in [0.05, 0.1) is 23.3 Å². The van der Waals surface area contributed by atoms with Gasteiger partial charge in [-0.2, -0.15) is 0 Å². The van der Waals surface area contributed by atoms with Crippen LogP contribution in [-0.4, -0.2) is 77.3 Å². The lowest BCUT2D eigenvalue weighted by Gasteiger charge is -2.38. The number of ether oxygens (including phenoxy) is 1. The molecule has 1 aromatic heterocycles. The summed E-state index contributed by atoms with van der Waals surface area (Å²) in [5, 5.41) is 14.3. The fourth-order valence-electron chi connectivity index (χ4n) is 10.1. The van der Waals surface area contributed by atoms with Gasteiger partial charge in [-0.05, 0) is 140 Å². The van der Waals surface area contributed by atoms with Crippen molar-refractivity contribution < 1.29 is 27.8 Å². The molecule has 2 aliphatic heterocycles. The number of nitrogens with two attached hydrogens (primary N) is 1. The molecule has 0 bridgehead atoms. The first-order valence-electron chi connectivity index (χ1n) is 23.0. The molecule has 1 amide bonds. The minimum atomic E-state index is -4.93. The Hall–Kier alpha value is -6.05. The molecule has 2 fully saturated rings. The number of halogens is 3. The van der Waals surface area contributed by atoms with E-state index in [0.29, 0.717) is 34.4 Å². The standard InChI is InChI=1S/C53H55F3N6O3S/c54-53(55,56)65-49-13-7-5-11-46(49)51(64)58-32-40(57)31-48-45-10-4-6-12-47(45)59-52(60-48)66-34-36-22-26-61(27-23-36)33-35-24-28-62(29-25-35)41-17-14-38(15-18-41)50-43(37-8-2-1-3-9-37)20-16-39-30-42(63)19-21-44(39)50/h1-15,17-19,21,30-31,35-36,43,50,63H,16,20,22-29,32-34,57H2,(H,58,64)/b40-31-. The number of nitrogens with zero attached hydrogens (tertiary/aromatic N) is 4. The zero-order chi connectivity index (χ0) is 45.6. The molecule has 9 rings (SSSR count). The third-order valence-corrected chi connectivity index (χ3v) is 14.5. The maximum absolute atomic E-state index is 12.9. The summed E-state index contributed by atoms with van der Waals surface area (Å²) in [6.45, 7) is 5.34. The Morgan fingerprint density at radius 3 is 2.30 bits per heavy atom. The van der Waals surface area contributed by atoms with E-state index >= 15 is 0 Å². The number of aromatic hydroxyl groups is 1. The number of aryl methyl sites for hydroxylation is 1. The highest BCUT2D eigenvalue weighted by Crippen LogP contribution is 2.47. The number of amides is 1. The number of para-hydroxylation sites is 2. The molecule has 3 heterocycles. The van der Waals surface area contributed by atoms with Crippen LogP contribution in [0.5, 0.6) is 11.5 Å². The van der Waals surface area contributed by atoms with Crippen LogP contribution in [-0.2, 0) is 6.42 Å². The number of phenols is 1. The molecule has 0 saturated carbocycles. The quantitative estimate of drug-likeness (QED) is 0.0769. The third-order valence-electron chi connectivity index (χ3n) is 13.5. The summed E-state index contributed by atoms with van der Waals surface area (Å²) in [6, 6.07) is 39.0. The SMILES string of the molecule is N/C(=C\c1nc(SCC2CCN(CC3CCN(c4ccc(C5c6ccc(O)cc6CCC5c5ccccc5)cc4)CC3)CC2)nc2ccccc12)CNC(=O)c1ccccc1OC(F)(F)F. The summed E-state index contributed by atoms with van der Waals surface area (Å²) in [5.41, 5.74) is 14.3. The fourth-order valence-corrected chi connectivity index (χ4v) is 11.1. The number of hydrogen-bond donors (Lipinski definition) is 3. The predicted octanol–water partition coefficient (Wildman–Crippen LogP) is 10.5. The zero-order valence-corrected chi connectivity index (χ0v) is 37.6. The number of anilines is 1. The van der Waals surface area contributed by atoms with Crippen LogP contribution in [0.15, 0.2) is 132 Å². The van der Waals surface area contributed by atoms with Gasteiger partial charge in [-0.3, -0.25) is 4.79 Å². The highest BCUT2D eigenvalue weighted by molar-refractivity contribution is 7.99.